The van der Waals surface area contributed by atoms with Crippen molar-refractivity contribution in [2.45, 2.75) is 296 Å². The summed E-state index contributed by atoms with van der Waals surface area (Å²) in [5.74, 6) is -0.320. The minimum Gasteiger partial charge on any atom is -0.457 e. The van der Waals surface area contributed by atoms with Gasteiger partial charge < -0.3 is 20.1 Å². The first kappa shape index (κ1) is 60.5. The Bertz CT molecular complexity index is 909. The molecule has 0 aromatic carbocycles. The Balaban J connectivity index is 3.85. The van der Waals surface area contributed by atoms with Crippen LogP contribution >= 0.6 is 7.82 Å². The summed E-state index contributed by atoms with van der Waals surface area (Å²) in [6.45, 7) is 5.02. The standard InChI is InChI=1S/C52H106NO7P/c1-3-5-7-9-11-13-15-17-19-21-23-25-27-29-31-33-35-37-39-41-43-45-52(54)60-51(50-59-61(55,56)58-48-46-53)49-57-47-44-42-40-38-36-34-32-30-28-26-24-22-20-18-16-14-12-10-8-6-4-2/h51H,3-50,53H2,1-2H3,(H,55,56). The molecular weight excluding hydrogens is 782 g/mol. The van der Waals surface area contributed by atoms with Gasteiger partial charge in [-0.3, -0.25) is 13.8 Å². The van der Waals surface area contributed by atoms with Gasteiger partial charge in [0, 0.05) is 19.6 Å². The molecule has 366 valence electrons. The van der Waals surface area contributed by atoms with E-state index in [0.29, 0.717) is 13.0 Å². The molecule has 0 aliphatic rings. The number of rotatable bonds is 53. The van der Waals surface area contributed by atoms with Crippen LogP contribution in [0.15, 0.2) is 0 Å². The summed E-state index contributed by atoms with van der Waals surface area (Å²) < 4.78 is 33.6. The van der Waals surface area contributed by atoms with E-state index in [1.54, 1.807) is 0 Å². The molecule has 0 aliphatic heterocycles. The van der Waals surface area contributed by atoms with Gasteiger partial charge >= 0.3 is 13.8 Å². The molecule has 0 aromatic heterocycles. The minimum atomic E-state index is -4.28. The molecule has 0 saturated carbocycles. The Labute approximate surface area is 380 Å². The zero-order chi connectivity index (χ0) is 44.4. The molecule has 61 heavy (non-hydrogen) atoms. The predicted octanol–water partition coefficient (Wildman–Crippen LogP) is 16.8. The molecule has 3 N–H and O–H groups in total. The summed E-state index contributed by atoms with van der Waals surface area (Å²) in [6.07, 6.45) is 55.7. The van der Waals surface area contributed by atoms with Gasteiger partial charge in [0.2, 0.25) is 0 Å². The summed E-state index contributed by atoms with van der Waals surface area (Å²) in [4.78, 5) is 22.6. The minimum absolute atomic E-state index is 0.0896. The lowest BCUT2D eigenvalue weighted by atomic mass is 10.0. The van der Waals surface area contributed by atoms with E-state index in [-0.39, 0.29) is 32.3 Å². The maximum absolute atomic E-state index is 12.7. The first-order valence-electron chi connectivity index (χ1n) is 27.0. The maximum atomic E-state index is 12.7. The van der Waals surface area contributed by atoms with E-state index in [4.69, 9.17) is 24.3 Å². The highest BCUT2D eigenvalue weighted by Crippen LogP contribution is 2.43. The van der Waals surface area contributed by atoms with Gasteiger partial charge in [0.05, 0.1) is 19.8 Å². The molecule has 0 rings (SSSR count). The molecule has 8 nitrogen and oxygen atoms in total. The van der Waals surface area contributed by atoms with E-state index in [1.807, 2.05) is 0 Å². The average Bonchev–Trinajstić information content (AvgIpc) is 3.25. The molecular formula is C52H106NO7P. The van der Waals surface area contributed by atoms with Crippen molar-refractivity contribution in [1.29, 1.82) is 0 Å². The molecule has 9 heteroatoms. The van der Waals surface area contributed by atoms with Gasteiger partial charge in [-0.2, -0.15) is 0 Å². The lowest BCUT2D eigenvalue weighted by Crippen LogP contribution is -2.28. The van der Waals surface area contributed by atoms with Crippen LogP contribution in [0.2, 0.25) is 0 Å². The van der Waals surface area contributed by atoms with Crippen molar-refractivity contribution in [2.75, 3.05) is 33.0 Å². The summed E-state index contributed by atoms with van der Waals surface area (Å²) in [5.41, 5.74) is 5.40. The lowest BCUT2D eigenvalue weighted by Gasteiger charge is -2.20. The Morgan fingerprint density at radius 2 is 0.721 bits per heavy atom. The monoisotopic (exact) mass is 888 g/mol. The molecule has 0 saturated heterocycles. The van der Waals surface area contributed by atoms with Crippen LogP contribution in [0.5, 0.6) is 0 Å². The summed E-state index contributed by atoms with van der Waals surface area (Å²) >= 11 is 0. The first-order chi connectivity index (χ1) is 29.9. The zero-order valence-electron chi connectivity index (χ0n) is 40.9. The second kappa shape index (κ2) is 50.5. The van der Waals surface area contributed by atoms with E-state index in [0.717, 1.165) is 32.1 Å². The van der Waals surface area contributed by atoms with Crippen LogP contribution in [0.1, 0.15) is 290 Å². The molecule has 0 heterocycles. The number of carbonyl (C=O) groups excluding carboxylic acids is 1. The van der Waals surface area contributed by atoms with Crippen molar-refractivity contribution in [2.24, 2.45) is 5.73 Å². The molecule has 0 spiro atoms. The average molecular weight is 888 g/mol. The Morgan fingerprint density at radius 3 is 1.03 bits per heavy atom. The third kappa shape index (κ3) is 50.4. The number of phosphoric ester groups is 1. The maximum Gasteiger partial charge on any atom is 0.472 e. The number of nitrogens with two attached hydrogens (primary N) is 1. The summed E-state index contributed by atoms with van der Waals surface area (Å²) in [6, 6.07) is 0. The molecule has 0 radical (unpaired) electrons. The summed E-state index contributed by atoms with van der Waals surface area (Å²) in [7, 11) is -4.28. The number of esters is 1. The van der Waals surface area contributed by atoms with Crippen LogP contribution in [0.4, 0.5) is 0 Å². The van der Waals surface area contributed by atoms with E-state index >= 15 is 0 Å². The van der Waals surface area contributed by atoms with E-state index < -0.39 is 13.9 Å². The second-order valence-electron chi connectivity index (χ2n) is 18.5. The fraction of sp³-hybridized carbons (Fsp3) is 0.981. The fourth-order valence-electron chi connectivity index (χ4n) is 8.30. The van der Waals surface area contributed by atoms with Crippen LogP contribution in [0.25, 0.3) is 0 Å². The highest BCUT2D eigenvalue weighted by molar-refractivity contribution is 7.47. The molecule has 2 unspecified atom stereocenters. The van der Waals surface area contributed by atoms with Gasteiger partial charge in [-0.15, -0.1) is 0 Å². The van der Waals surface area contributed by atoms with Crippen LogP contribution in [-0.4, -0.2) is 49.9 Å². The van der Waals surface area contributed by atoms with Crippen molar-refractivity contribution >= 4 is 13.8 Å². The largest absolute Gasteiger partial charge is 0.472 e. The van der Waals surface area contributed by atoms with Crippen molar-refractivity contribution < 1.29 is 32.8 Å². The third-order valence-corrected chi connectivity index (χ3v) is 13.3. The fourth-order valence-corrected chi connectivity index (χ4v) is 9.06. The highest BCUT2D eigenvalue weighted by atomic mass is 31.2. The Kier molecular flexibility index (Phi) is 50.1. The van der Waals surface area contributed by atoms with Gasteiger partial charge in [-0.05, 0) is 12.8 Å². The van der Waals surface area contributed by atoms with Crippen LogP contribution in [-0.2, 0) is 27.9 Å². The summed E-state index contributed by atoms with van der Waals surface area (Å²) in [5, 5.41) is 0. The van der Waals surface area contributed by atoms with Gasteiger partial charge in [0.15, 0.2) is 0 Å². The predicted molar refractivity (Wildman–Crippen MR) is 261 cm³/mol. The van der Waals surface area contributed by atoms with Crippen LogP contribution in [0.3, 0.4) is 0 Å². The number of phosphoric acid groups is 1. The van der Waals surface area contributed by atoms with Crippen molar-refractivity contribution in [3.63, 3.8) is 0 Å². The van der Waals surface area contributed by atoms with Crippen molar-refractivity contribution in [1.82, 2.24) is 0 Å². The SMILES string of the molecule is CCCCCCCCCCCCCCCCCCCCCCCOCC(COP(=O)(O)OCCN)OC(=O)CCCCCCCCCCCCCCCCCCCCCCC. The number of unbranched alkanes of at least 4 members (excludes halogenated alkanes) is 40. The molecule has 0 bridgehead atoms. The molecule has 2 atom stereocenters. The van der Waals surface area contributed by atoms with Gasteiger partial charge in [-0.1, -0.05) is 271 Å². The van der Waals surface area contributed by atoms with E-state index in [9.17, 15) is 14.3 Å². The highest BCUT2D eigenvalue weighted by Gasteiger charge is 2.25. The molecule has 0 aromatic rings. The first-order valence-corrected chi connectivity index (χ1v) is 28.5. The number of hydrogen-bond acceptors (Lipinski definition) is 7. The number of ether oxygens (including phenoxy) is 2. The molecule has 0 amide bonds. The van der Waals surface area contributed by atoms with Gasteiger partial charge in [0.1, 0.15) is 6.10 Å². The van der Waals surface area contributed by atoms with Crippen LogP contribution in [0, 0.1) is 0 Å². The zero-order valence-corrected chi connectivity index (χ0v) is 41.8. The van der Waals surface area contributed by atoms with Crippen LogP contribution < -0.4 is 5.73 Å². The Hall–Kier alpha value is -0.500. The lowest BCUT2D eigenvalue weighted by molar-refractivity contribution is -0.154. The Morgan fingerprint density at radius 1 is 0.426 bits per heavy atom. The van der Waals surface area contributed by atoms with Gasteiger partial charge in [0.25, 0.3) is 0 Å². The van der Waals surface area contributed by atoms with Crippen molar-refractivity contribution in [3.8, 4) is 0 Å². The topological polar surface area (TPSA) is 117 Å². The smallest absolute Gasteiger partial charge is 0.457 e. The van der Waals surface area contributed by atoms with Crippen molar-refractivity contribution in [3.05, 3.63) is 0 Å². The van der Waals surface area contributed by atoms with E-state index in [2.05, 4.69) is 13.8 Å². The molecule has 0 aliphatic carbocycles. The van der Waals surface area contributed by atoms with E-state index in [1.165, 1.54) is 238 Å². The number of hydrogen-bond donors (Lipinski definition) is 2. The normalized spacial score (nSPS) is 13.2. The molecule has 0 fully saturated rings. The second-order valence-corrected chi connectivity index (χ2v) is 19.9. The third-order valence-electron chi connectivity index (χ3n) is 12.3. The number of carbonyl (C=O) groups is 1. The quantitative estimate of drug-likeness (QED) is 0.0352. The van der Waals surface area contributed by atoms with Gasteiger partial charge in [-0.25, -0.2) is 4.57 Å².